The number of hydrogen-bond acceptors (Lipinski definition) is 3. The van der Waals surface area contributed by atoms with Crippen LogP contribution >= 0.6 is 0 Å². The van der Waals surface area contributed by atoms with Gasteiger partial charge in [0.15, 0.2) is 0 Å². The molecule has 0 amide bonds. The van der Waals surface area contributed by atoms with E-state index in [4.69, 9.17) is 4.74 Å². The predicted molar refractivity (Wildman–Crippen MR) is 101 cm³/mol. The van der Waals surface area contributed by atoms with E-state index in [9.17, 15) is 8.42 Å². The molecule has 1 saturated heterocycles. The van der Waals surface area contributed by atoms with E-state index in [0.29, 0.717) is 4.90 Å². The summed E-state index contributed by atoms with van der Waals surface area (Å²) >= 11 is 0. The summed E-state index contributed by atoms with van der Waals surface area (Å²) in [5, 5.41) is 0. The Hall–Kier alpha value is -2.43. The van der Waals surface area contributed by atoms with Crippen molar-refractivity contribution in [1.82, 2.24) is 0 Å². The van der Waals surface area contributed by atoms with Crippen LogP contribution < -0.4 is 0 Å². The van der Waals surface area contributed by atoms with Gasteiger partial charge in [-0.25, -0.2) is 8.42 Å². The van der Waals surface area contributed by atoms with Gasteiger partial charge >= 0.3 is 0 Å². The monoisotopic (exact) mass is 364 g/mol. The molecule has 132 valence electrons. The smallest absolute Gasteiger partial charge is 0.211 e. The first-order valence-corrected chi connectivity index (χ1v) is 10.1. The molecule has 1 aliphatic rings. The molecule has 0 radical (unpaired) electrons. The van der Waals surface area contributed by atoms with Crippen LogP contribution in [-0.2, 0) is 14.6 Å². The van der Waals surface area contributed by atoms with Crippen LogP contribution in [-0.4, -0.2) is 13.4 Å². The number of benzene rings is 3. The van der Waals surface area contributed by atoms with Gasteiger partial charge in [-0.15, -0.1) is 0 Å². The molecule has 0 bridgehead atoms. The van der Waals surface area contributed by atoms with E-state index in [2.05, 4.69) is 0 Å². The standard InChI is InChI=1S/C22H20O3S/c1-17(18-11-5-2-6-12-18)22(21(25-22)19-13-7-3-8-14-19)26(23,24)20-15-9-4-10-16-20/h2-17,21H,1H3. The highest BCUT2D eigenvalue weighted by Gasteiger charge is 2.70. The zero-order valence-electron chi connectivity index (χ0n) is 14.4. The summed E-state index contributed by atoms with van der Waals surface area (Å²) in [4.78, 5) is -1.00. The molecule has 0 N–H and O–H groups in total. The topological polar surface area (TPSA) is 46.7 Å². The van der Waals surface area contributed by atoms with Crippen LogP contribution in [0.5, 0.6) is 0 Å². The van der Waals surface area contributed by atoms with Crippen LogP contribution in [0, 0.1) is 0 Å². The minimum absolute atomic E-state index is 0.293. The number of ether oxygens (including phenoxy) is 1. The molecule has 0 spiro atoms. The Balaban J connectivity index is 1.84. The van der Waals surface area contributed by atoms with Crippen LogP contribution in [0.3, 0.4) is 0 Å². The normalized spacial score (nSPS) is 23.3. The second-order valence-electron chi connectivity index (χ2n) is 6.58. The minimum atomic E-state index is -3.69. The summed E-state index contributed by atoms with van der Waals surface area (Å²) in [5.41, 5.74) is 1.83. The summed E-state index contributed by atoms with van der Waals surface area (Å²) in [6, 6.07) is 27.8. The summed E-state index contributed by atoms with van der Waals surface area (Å²) in [7, 11) is -3.69. The molecule has 1 aliphatic heterocycles. The van der Waals surface area contributed by atoms with Crippen molar-refractivity contribution in [2.24, 2.45) is 0 Å². The van der Waals surface area contributed by atoms with Gasteiger partial charge in [-0.1, -0.05) is 85.8 Å². The van der Waals surface area contributed by atoms with Crippen molar-refractivity contribution < 1.29 is 13.2 Å². The fraction of sp³-hybridized carbons (Fsp3) is 0.182. The maximum Gasteiger partial charge on any atom is 0.211 e. The fourth-order valence-corrected chi connectivity index (χ4v) is 5.73. The molecular weight excluding hydrogens is 344 g/mol. The van der Waals surface area contributed by atoms with E-state index in [1.807, 2.05) is 73.7 Å². The van der Waals surface area contributed by atoms with Crippen molar-refractivity contribution >= 4 is 9.84 Å². The average Bonchev–Trinajstić information content (AvgIpc) is 3.47. The van der Waals surface area contributed by atoms with Gasteiger partial charge in [-0.05, 0) is 23.3 Å². The Kier molecular flexibility index (Phi) is 4.17. The first-order valence-electron chi connectivity index (χ1n) is 8.65. The SMILES string of the molecule is CC(c1ccccc1)C1(S(=O)(=O)c2ccccc2)OC1c1ccccc1. The third-order valence-corrected chi connectivity index (χ3v) is 7.49. The van der Waals surface area contributed by atoms with Gasteiger partial charge in [0.1, 0.15) is 6.10 Å². The molecule has 0 aliphatic carbocycles. The van der Waals surface area contributed by atoms with Crippen LogP contribution in [0.1, 0.15) is 30.1 Å². The Morgan fingerprint density at radius 3 is 1.88 bits per heavy atom. The molecule has 0 aromatic heterocycles. The molecular formula is C22H20O3S. The molecule has 3 aromatic rings. The van der Waals surface area contributed by atoms with Gasteiger partial charge in [-0.3, -0.25) is 0 Å². The average molecular weight is 364 g/mol. The second kappa shape index (κ2) is 6.38. The van der Waals surface area contributed by atoms with Gasteiger partial charge in [-0.2, -0.15) is 0 Å². The van der Waals surface area contributed by atoms with Gasteiger partial charge in [0.05, 0.1) is 4.90 Å². The highest BCUT2D eigenvalue weighted by Crippen LogP contribution is 2.62. The molecule has 3 aromatic carbocycles. The predicted octanol–water partition coefficient (Wildman–Crippen LogP) is 4.73. The van der Waals surface area contributed by atoms with E-state index >= 15 is 0 Å². The zero-order chi connectivity index (χ0) is 18.2. The molecule has 3 atom stereocenters. The van der Waals surface area contributed by atoms with Crippen LogP contribution in [0.4, 0.5) is 0 Å². The van der Waals surface area contributed by atoms with Gasteiger partial charge in [0.25, 0.3) is 0 Å². The van der Waals surface area contributed by atoms with Crippen molar-refractivity contribution in [1.29, 1.82) is 0 Å². The number of rotatable bonds is 5. The molecule has 1 heterocycles. The lowest BCUT2D eigenvalue weighted by Gasteiger charge is -2.22. The molecule has 1 fully saturated rings. The van der Waals surface area contributed by atoms with Gasteiger partial charge < -0.3 is 4.74 Å². The van der Waals surface area contributed by atoms with Crippen molar-refractivity contribution in [3.8, 4) is 0 Å². The molecule has 4 rings (SSSR count). The molecule has 3 nitrogen and oxygen atoms in total. The lowest BCUT2D eigenvalue weighted by molar-refractivity contribution is 0.323. The van der Waals surface area contributed by atoms with E-state index in [0.717, 1.165) is 11.1 Å². The molecule has 0 saturated carbocycles. The minimum Gasteiger partial charge on any atom is -0.343 e. The summed E-state index contributed by atoms with van der Waals surface area (Å²) in [5.74, 6) is -0.306. The quantitative estimate of drug-likeness (QED) is 0.615. The summed E-state index contributed by atoms with van der Waals surface area (Å²) in [6.07, 6.45) is -0.482. The number of epoxide rings is 1. The van der Waals surface area contributed by atoms with Crippen molar-refractivity contribution in [2.75, 3.05) is 0 Å². The Morgan fingerprint density at radius 1 is 0.808 bits per heavy atom. The van der Waals surface area contributed by atoms with Crippen LogP contribution in [0.25, 0.3) is 0 Å². The largest absolute Gasteiger partial charge is 0.343 e. The Labute approximate surface area is 154 Å². The zero-order valence-corrected chi connectivity index (χ0v) is 15.3. The lowest BCUT2D eigenvalue weighted by Crippen LogP contribution is -2.32. The first kappa shape index (κ1) is 17.0. The second-order valence-corrected chi connectivity index (χ2v) is 8.70. The number of sulfone groups is 1. The van der Waals surface area contributed by atoms with Crippen molar-refractivity contribution in [3.63, 3.8) is 0 Å². The van der Waals surface area contributed by atoms with Crippen molar-refractivity contribution in [2.45, 2.75) is 28.8 Å². The molecule has 3 unspecified atom stereocenters. The third-order valence-electron chi connectivity index (χ3n) is 5.09. The fourth-order valence-electron chi connectivity index (χ4n) is 3.60. The maximum atomic E-state index is 13.6. The van der Waals surface area contributed by atoms with Gasteiger partial charge in [0, 0.05) is 5.92 Å². The maximum absolute atomic E-state index is 13.6. The molecule has 4 heteroatoms. The van der Waals surface area contributed by atoms with Crippen LogP contribution in [0.15, 0.2) is 95.9 Å². The van der Waals surface area contributed by atoms with Crippen LogP contribution in [0.2, 0.25) is 0 Å². The Bertz CT molecular complexity index is 985. The highest BCUT2D eigenvalue weighted by atomic mass is 32.2. The summed E-state index contributed by atoms with van der Waals surface area (Å²) in [6.45, 7) is 1.93. The summed E-state index contributed by atoms with van der Waals surface area (Å²) < 4.78 is 33.2. The number of hydrogen-bond donors (Lipinski definition) is 0. The Morgan fingerprint density at radius 2 is 1.31 bits per heavy atom. The van der Waals surface area contributed by atoms with Crippen molar-refractivity contribution in [3.05, 3.63) is 102 Å². The molecule has 26 heavy (non-hydrogen) atoms. The lowest BCUT2D eigenvalue weighted by atomic mass is 9.93. The van der Waals surface area contributed by atoms with E-state index in [1.165, 1.54) is 0 Å². The third kappa shape index (κ3) is 2.57. The van der Waals surface area contributed by atoms with E-state index in [1.54, 1.807) is 24.3 Å². The van der Waals surface area contributed by atoms with Gasteiger partial charge in [0.2, 0.25) is 14.8 Å². The van der Waals surface area contributed by atoms with E-state index in [-0.39, 0.29) is 5.92 Å². The highest BCUT2D eigenvalue weighted by molar-refractivity contribution is 7.93. The first-order chi connectivity index (χ1) is 12.6. The van der Waals surface area contributed by atoms with E-state index < -0.39 is 20.9 Å².